The quantitative estimate of drug-likeness (QED) is 0.678. The van der Waals surface area contributed by atoms with E-state index in [0.29, 0.717) is 18.7 Å². The first kappa shape index (κ1) is 13.5. The second kappa shape index (κ2) is 4.99. The molecule has 6 nitrogen and oxygen atoms in total. The van der Waals surface area contributed by atoms with E-state index in [9.17, 15) is 8.42 Å². The van der Waals surface area contributed by atoms with Gasteiger partial charge in [-0.05, 0) is 31.7 Å². The van der Waals surface area contributed by atoms with Gasteiger partial charge in [0.1, 0.15) is 0 Å². The second-order valence-corrected chi connectivity index (χ2v) is 6.64. The normalized spacial score (nSPS) is 17.9. The Balaban J connectivity index is 2.08. The maximum Gasteiger partial charge on any atom is 0.257 e. The molecular weight excluding hydrogens is 252 g/mol. The first-order valence-corrected chi connectivity index (χ1v) is 7.68. The van der Waals surface area contributed by atoms with E-state index in [-0.39, 0.29) is 10.4 Å². The molecule has 102 valence electrons. The topological polar surface area (TPSA) is 86.9 Å². The lowest BCUT2D eigenvalue weighted by Crippen LogP contribution is -2.31. The minimum absolute atomic E-state index is 0.170. The summed E-state index contributed by atoms with van der Waals surface area (Å²) in [5.74, 6) is 0. The van der Waals surface area contributed by atoms with Crippen molar-refractivity contribution in [2.45, 2.75) is 37.8 Å². The number of aromatic amines is 1. The summed E-state index contributed by atoms with van der Waals surface area (Å²) in [6.45, 7) is 3.10. The Morgan fingerprint density at radius 1 is 1.50 bits per heavy atom. The highest BCUT2D eigenvalue weighted by atomic mass is 32.2. The standard InChI is InChI=1S/C11H20N4O2S/c1-3-11(4-5-11)8-14-18(16,17)10-9(6-12-2)7-13-15-10/h7,12,14H,3-6,8H2,1-2H3,(H,13,15). The molecule has 0 bridgehead atoms. The van der Waals surface area contributed by atoms with Gasteiger partial charge < -0.3 is 5.32 Å². The fourth-order valence-corrected chi connectivity index (χ4v) is 3.28. The summed E-state index contributed by atoms with van der Waals surface area (Å²) in [7, 11) is -1.71. The molecule has 1 aromatic heterocycles. The molecule has 1 aliphatic carbocycles. The Labute approximate surface area is 108 Å². The smallest absolute Gasteiger partial charge is 0.257 e. The van der Waals surface area contributed by atoms with E-state index in [2.05, 4.69) is 27.2 Å². The first-order chi connectivity index (χ1) is 8.53. The number of hydrogen-bond donors (Lipinski definition) is 3. The van der Waals surface area contributed by atoms with Gasteiger partial charge in [-0.25, -0.2) is 13.1 Å². The van der Waals surface area contributed by atoms with Crippen molar-refractivity contribution in [3.8, 4) is 0 Å². The molecule has 3 N–H and O–H groups in total. The van der Waals surface area contributed by atoms with Crippen LogP contribution in [0.25, 0.3) is 0 Å². The van der Waals surface area contributed by atoms with E-state index in [0.717, 1.165) is 19.3 Å². The van der Waals surface area contributed by atoms with Gasteiger partial charge in [0.25, 0.3) is 10.0 Å². The molecule has 7 heteroatoms. The van der Waals surface area contributed by atoms with Crippen LogP contribution < -0.4 is 10.0 Å². The highest BCUT2D eigenvalue weighted by molar-refractivity contribution is 7.89. The van der Waals surface area contributed by atoms with Crippen LogP contribution in [-0.4, -0.2) is 32.2 Å². The monoisotopic (exact) mass is 272 g/mol. The lowest BCUT2D eigenvalue weighted by molar-refractivity contribution is 0.474. The molecule has 1 aromatic rings. The second-order valence-electron chi connectivity index (χ2n) is 4.93. The average Bonchev–Trinajstić information content (AvgIpc) is 2.98. The summed E-state index contributed by atoms with van der Waals surface area (Å²) in [5, 5.41) is 9.46. The zero-order chi connectivity index (χ0) is 13.2. The van der Waals surface area contributed by atoms with Gasteiger partial charge in [-0.1, -0.05) is 6.92 Å². The summed E-state index contributed by atoms with van der Waals surface area (Å²) in [6.07, 6.45) is 4.77. The number of aromatic nitrogens is 2. The fourth-order valence-electron chi connectivity index (χ4n) is 2.00. The van der Waals surface area contributed by atoms with Crippen molar-refractivity contribution in [2.24, 2.45) is 5.41 Å². The summed E-state index contributed by atoms with van der Waals surface area (Å²) in [6, 6.07) is 0. The maximum atomic E-state index is 12.2. The summed E-state index contributed by atoms with van der Waals surface area (Å²) >= 11 is 0. The molecule has 1 heterocycles. The predicted molar refractivity (Wildman–Crippen MR) is 68.5 cm³/mol. The number of nitrogens with one attached hydrogen (secondary N) is 3. The molecular formula is C11H20N4O2S. The van der Waals surface area contributed by atoms with E-state index in [1.165, 1.54) is 6.20 Å². The summed E-state index contributed by atoms with van der Waals surface area (Å²) < 4.78 is 27.0. The minimum atomic E-state index is -3.48. The lowest BCUT2D eigenvalue weighted by atomic mass is 10.1. The molecule has 0 spiro atoms. The Morgan fingerprint density at radius 3 is 2.78 bits per heavy atom. The van der Waals surface area contributed by atoms with Crippen molar-refractivity contribution in [1.29, 1.82) is 0 Å². The van der Waals surface area contributed by atoms with Gasteiger partial charge >= 0.3 is 0 Å². The van der Waals surface area contributed by atoms with Crippen molar-refractivity contribution in [3.05, 3.63) is 11.8 Å². The Kier molecular flexibility index (Phi) is 3.74. The number of H-pyrrole nitrogens is 1. The van der Waals surface area contributed by atoms with Crippen LogP contribution in [0.4, 0.5) is 0 Å². The van der Waals surface area contributed by atoms with Crippen LogP contribution in [0.15, 0.2) is 11.2 Å². The van der Waals surface area contributed by atoms with Crippen LogP contribution in [0.2, 0.25) is 0 Å². The Hall–Kier alpha value is -0.920. The highest BCUT2D eigenvalue weighted by Gasteiger charge is 2.41. The molecule has 0 unspecified atom stereocenters. The third-order valence-electron chi connectivity index (χ3n) is 3.66. The van der Waals surface area contributed by atoms with Gasteiger partial charge in [-0.15, -0.1) is 0 Å². The largest absolute Gasteiger partial charge is 0.316 e. The van der Waals surface area contributed by atoms with E-state index >= 15 is 0 Å². The van der Waals surface area contributed by atoms with Gasteiger partial charge in [0, 0.05) is 18.7 Å². The molecule has 0 atom stereocenters. The third kappa shape index (κ3) is 2.73. The molecule has 18 heavy (non-hydrogen) atoms. The minimum Gasteiger partial charge on any atom is -0.316 e. The molecule has 0 aromatic carbocycles. The average molecular weight is 272 g/mol. The lowest BCUT2D eigenvalue weighted by Gasteiger charge is -2.13. The molecule has 1 saturated carbocycles. The Bertz CT molecular complexity index is 505. The van der Waals surface area contributed by atoms with Crippen LogP contribution >= 0.6 is 0 Å². The van der Waals surface area contributed by atoms with E-state index < -0.39 is 10.0 Å². The maximum absolute atomic E-state index is 12.2. The van der Waals surface area contributed by atoms with Gasteiger partial charge in [0.2, 0.25) is 0 Å². The number of nitrogens with zero attached hydrogens (tertiary/aromatic N) is 1. The molecule has 2 rings (SSSR count). The van der Waals surface area contributed by atoms with E-state index in [4.69, 9.17) is 0 Å². The van der Waals surface area contributed by atoms with Crippen LogP contribution in [0.5, 0.6) is 0 Å². The van der Waals surface area contributed by atoms with Gasteiger partial charge in [-0.2, -0.15) is 5.10 Å². The molecule has 1 aliphatic rings. The molecule has 0 saturated heterocycles. The van der Waals surface area contributed by atoms with E-state index in [1.54, 1.807) is 7.05 Å². The number of sulfonamides is 1. The highest BCUT2D eigenvalue weighted by Crippen LogP contribution is 2.48. The van der Waals surface area contributed by atoms with Gasteiger partial charge in [-0.3, -0.25) is 5.10 Å². The van der Waals surface area contributed by atoms with Gasteiger partial charge in [0.15, 0.2) is 5.03 Å². The van der Waals surface area contributed by atoms with Crippen molar-refractivity contribution in [1.82, 2.24) is 20.2 Å². The van der Waals surface area contributed by atoms with Crippen molar-refractivity contribution in [2.75, 3.05) is 13.6 Å². The summed E-state index contributed by atoms with van der Waals surface area (Å²) in [4.78, 5) is 0. The van der Waals surface area contributed by atoms with Crippen LogP contribution in [0.1, 0.15) is 31.7 Å². The van der Waals surface area contributed by atoms with Crippen molar-refractivity contribution < 1.29 is 8.42 Å². The number of hydrogen-bond acceptors (Lipinski definition) is 4. The molecule has 0 radical (unpaired) electrons. The fraction of sp³-hybridized carbons (Fsp3) is 0.727. The number of rotatable bonds is 7. The van der Waals surface area contributed by atoms with E-state index in [1.807, 2.05) is 0 Å². The van der Waals surface area contributed by atoms with Crippen LogP contribution in [0, 0.1) is 5.41 Å². The zero-order valence-electron chi connectivity index (χ0n) is 10.8. The molecule has 1 fully saturated rings. The van der Waals surface area contributed by atoms with Crippen LogP contribution in [0.3, 0.4) is 0 Å². The van der Waals surface area contributed by atoms with Gasteiger partial charge in [0.05, 0.1) is 6.20 Å². The first-order valence-electron chi connectivity index (χ1n) is 6.19. The Morgan fingerprint density at radius 2 is 2.22 bits per heavy atom. The third-order valence-corrected chi connectivity index (χ3v) is 5.07. The zero-order valence-corrected chi connectivity index (χ0v) is 11.6. The molecule has 0 aliphatic heterocycles. The van der Waals surface area contributed by atoms with Crippen molar-refractivity contribution >= 4 is 10.0 Å². The van der Waals surface area contributed by atoms with Crippen molar-refractivity contribution in [3.63, 3.8) is 0 Å². The molecule has 0 amide bonds. The summed E-state index contributed by atoms with van der Waals surface area (Å²) in [5.41, 5.74) is 0.849. The SMILES string of the molecule is CCC1(CNS(=O)(=O)c2[nH]ncc2CNC)CC1. The van der Waals surface area contributed by atoms with Crippen LogP contribution in [-0.2, 0) is 16.6 Å². The predicted octanol–water partition coefficient (Wildman–Crippen LogP) is 0.598.